The molecule has 4 heterocycles. The molecule has 3 aromatic heterocycles. The summed E-state index contributed by atoms with van der Waals surface area (Å²) >= 11 is 1.60. The fourth-order valence-electron chi connectivity index (χ4n) is 3.32. The quantitative estimate of drug-likeness (QED) is 0.680. The lowest BCUT2D eigenvalue weighted by Crippen LogP contribution is -2.39. The Morgan fingerprint density at radius 3 is 3.04 bits per heavy atom. The predicted octanol–water partition coefficient (Wildman–Crippen LogP) is 2.38. The molecular weight excluding hydrogens is 352 g/mol. The van der Waals surface area contributed by atoms with Gasteiger partial charge >= 0.3 is 0 Å². The number of morpholine rings is 1. The zero-order chi connectivity index (χ0) is 17.5. The summed E-state index contributed by atoms with van der Waals surface area (Å²) < 4.78 is 13.4. The van der Waals surface area contributed by atoms with E-state index in [1.54, 1.807) is 11.3 Å². The molecule has 2 aliphatic rings. The molecule has 0 radical (unpaired) electrons. The Bertz CT molecular complexity index is 885. The van der Waals surface area contributed by atoms with Crippen LogP contribution in [0.4, 0.5) is 0 Å². The molecule has 2 fully saturated rings. The Hall–Kier alpha value is -2.10. The van der Waals surface area contributed by atoms with Crippen molar-refractivity contribution >= 4 is 11.3 Å². The van der Waals surface area contributed by atoms with Crippen LogP contribution >= 0.6 is 11.3 Å². The van der Waals surface area contributed by atoms with Gasteiger partial charge in [0.25, 0.3) is 0 Å². The van der Waals surface area contributed by atoms with Crippen molar-refractivity contribution in [2.24, 2.45) is 7.05 Å². The van der Waals surface area contributed by atoms with Gasteiger partial charge in [-0.3, -0.25) is 4.90 Å². The molecule has 26 heavy (non-hydrogen) atoms. The van der Waals surface area contributed by atoms with Crippen LogP contribution in [0.5, 0.6) is 0 Å². The number of hydrogen-bond acceptors (Lipinski definition) is 8. The van der Waals surface area contributed by atoms with Crippen LogP contribution in [-0.2, 0) is 18.3 Å². The van der Waals surface area contributed by atoms with E-state index in [-0.39, 0.29) is 6.04 Å². The molecule has 1 saturated carbocycles. The second-order valence-corrected chi connectivity index (χ2v) is 7.75. The van der Waals surface area contributed by atoms with Gasteiger partial charge in [-0.2, -0.15) is 4.98 Å². The molecule has 0 amide bonds. The molecule has 1 aliphatic carbocycles. The molecule has 1 saturated heterocycles. The third-order valence-electron chi connectivity index (χ3n) is 4.99. The molecular formula is C17H20N6O2S. The number of nitrogens with zero attached hydrogens (tertiary/aromatic N) is 6. The Kier molecular flexibility index (Phi) is 4.07. The van der Waals surface area contributed by atoms with Gasteiger partial charge < -0.3 is 13.8 Å². The average molecular weight is 372 g/mol. The monoisotopic (exact) mass is 372 g/mol. The minimum absolute atomic E-state index is 0.0639. The highest BCUT2D eigenvalue weighted by Gasteiger charge is 2.33. The van der Waals surface area contributed by atoms with E-state index in [1.165, 1.54) is 12.8 Å². The number of aromatic nitrogens is 5. The lowest BCUT2D eigenvalue weighted by Gasteiger charge is -2.32. The van der Waals surface area contributed by atoms with E-state index in [1.807, 2.05) is 17.5 Å². The smallest absolute Gasteiger partial charge is 0.246 e. The summed E-state index contributed by atoms with van der Waals surface area (Å²) in [5.41, 5.74) is 0. The summed E-state index contributed by atoms with van der Waals surface area (Å²) in [6, 6.07) is 3.91. The van der Waals surface area contributed by atoms with Crippen molar-refractivity contribution < 1.29 is 9.26 Å². The third kappa shape index (κ3) is 2.95. The van der Waals surface area contributed by atoms with Gasteiger partial charge in [0, 0.05) is 19.5 Å². The highest BCUT2D eigenvalue weighted by atomic mass is 32.1. The zero-order valence-corrected chi connectivity index (χ0v) is 15.4. The standard InChI is InChI=1S/C17H20N6O2S/c1-22-14(19-20-16(22)11-4-5-11)9-23-6-7-24-10-12(23)17-18-15(21-25-17)13-3-2-8-26-13/h2-3,8,11-12H,4-7,9-10H2,1H3. The molecule has 1 aliphatic heterocycles. The molecule has 0 aromatic carbocycles. The number of hydrogen-bond donors (Lipinski definition) is 0. The zero-order valence-electron chi connectivity index (χ0n) is 14.5. The topological polar surface area (TPSA) is 82.1 Å². The van der Waals surface area contributed by atoms with Crippen LogP contribution in [0.15, 0.2) is 22.0 Å². The van der Waals surface area contributed by atoms with Gasteiger partial charge in [-0.15, -0.1) is 21.5 Å². The second-order valence-electron chi connectivity index (χ2n) is 6.80. The highest BCUT2D eigenvalue weighted by Crippen LogP contribution is 2.39. The fourth-order valence-corrected chi connectivity index (χ4v) is 3.97. The minimum Gasteiger partial charge on any atom is -0.378 e. The number of ether oxygens (including phenoxy) is 1. The molecule has 0 bridgehead atoms. The minimum atomic E-state index is -0.0639. The van der Waals surface area contributed by atoms with Gasteiger partial charge in [0.05, 0.1) is 24.6 Å². The van der Waals surface area contributed by atoms with Crippen LogP contribution in [0.3, 0.4) is 0 Å². The molecule has 9 heteroatoms. The first-order valence-electron chi connectivity index (χ1n) is 8.87. The van der Waals surface area contributed by atoms with E-state index < -0.39 is 0 Å². The molecule has 1 unspecified atom stereocenters. The summed E-state index contributed by atoms with van der Waals surface area (Å²) in [4.78, 5) is 7.90. The Morgan fingerprint density at radius 1 is 1.31 bits per heavy atom. The van der Waals surface area contributed by atoms with Crippen molar-refractivity contribution in [2.45, 2.75) is 31.3 Å². The van der Waals surface area contributed by atoms with E-state index >= 15 is 0 Å². The highest BCUT2D eigenvalue weighted by molar-refractivity contribution is 7.13. The van der Waals surface area contributed by atoms with Gasteiger partial charge in [0.2, 0.25) is 11.7 Å². The largest absolute Gasteiger partial charge is 0.378 e. The van der Waals surface area contributed by atoms with E-state index in [2.05, 4.69) is 36.9 Å². The molecule has 0 spiro atoms. The van der Waals surface area contributed by atoms with Crippen LogP contribution in [0, 0.1) is 0 Å². The van der Waals surface area contributed by atoms with E-state index in [4.69, 9.17) is 9.26 Å². The normalized spacial score (nSPS) is 21.3. The van der Waals surface area contributed by atoms with Crippen molar-refractivity contribution in [1.82, 2.24) is 29.8 Å². The van der Waals surface area contributed by atoms with Crippen molar-refractivity contribution in [3.8, 4) is 10.7 Å². The lowest BCUT2D eigenvalue weighted by molar-refractivity contribution is -0.0255. The van der Waals surface area contributed by atoms with Crippen LogP contribution in [0.2, 0.25) is 0 Å². The first-order chi connectivity index (χ1) is 12.8. The molecule has 5 rings (SSSR count). The average Bonchev–Trinajstić information content (AvgIpc) is 3.05. The summed E-state index contributed by atoms with van der Waals surface area (Å²) in [5.74, 6) is 3.89. The van der Waals surface area contributed by atoms with Crippen molar-refractivity contribution in [1.29, 1.82) is 0 Å². The van der Waals surface area contributed by atoms with Gasteiger partial charge in [0.15, 0.2) is 0 Å². The Balaban J connectivity index is 1.37. The first kappa shape index (κ1) is 16.1. The molecule has 0 N–H and O–H groups in total. The molecule has 8 nitrogen and oxygen atoms in total. The summed E-state index contributed by atoms with van der Waals surface area (Å²) in [6.07, 6.45) is 2.44. The maximum Gasteiger partial charge on any atom is 0.246 e. The van der Waals surface area contributed by atoms with Gasteiger partial charge in [0.1, 0.15) is 17.7 Å². The Labute approximate surface area is 154 Å². The van der Waals surface area contributed by atoms with E-state index in [9.17, 15) is 0 Å². The van der Waals surface area contributed by atoms with E-state index in [0.717, 1.165) is 23.1 Å². The first-order valence-corrected chi connectivity index (χ1v) is 9.75. The van der Waals surface area contributed by atoms with Gasteiger partial charge in [-0.25, -0.2) is 0 Å². The second kappa shape index (κ2) is 6.57. The van der Waals surface area contributed by atoms with Gasteiger partial charge in [-0.05, 0) is 24.3 Å². The van der Waals surface area contributed by atoms with Crippen LogP contribution in [0.25, 0.3) is 10.7 Å². The molecule has 136 valence electrons. The molecule has 3 aromatic rings. The summed E-state index contributed by atoms with van der Waals surface area (Å²) in [6.45, 7) is 2.73. The SMILES string of the molecule is Cn1c(CN2CCOCC2c2nc(-c3cccs3)no2)nnc1C1CC1. The maximum atomic E-state index is 5.68. The Morgan fingerprint density at radius 2 is 2.23 bits per heavy atom. The summed E-state index contributed by atoms with van der Waals surface area (Å²) in [5, 5.41) is 14.9. The van der Waals surface area contributed by atoms with Crippen LogP contribution in [0.1, 0.15) is 42.3 Å². The summed E-state index contributed by atoms with van der Waals surface area (Å²) in [7, 11) is 2.06. The third-order valence-corrected chi connectivity index (χ3v) is 5.86. The lowest BCUT2D eigenvalue weighted by atomic mass is 10.2. The fraction of sp³-hybridized carbons (Fsp3) is 0.529. The van der Waals surface area contributed by atoms with Crippen molar-refractivity contribution in [2.75, 3.05) is 19.8 Å². The molecule has 1 atom stereocenters. The van der Waals surface area contributed by atoms with Crippen LogP contribution < -0.4 is 0 Å². The van der Waals surface area contributed by atoms with Crippen molar-refractivity contribution in [3.05, 3.63) is 35.1 Å². The predicted molar refractivity (Wildman–Crippen MR) is 94.6 cm³/mol. The number of thiophene rings is 1. The van der Waals surface area contributed by atoms with E-state index in [0.29, 0.717) is 37.4 Å². The van der Waals surface area contributed by atoms with Gasteiger partial charge in [-0.1, -0.05) is 11.2 Å². The maximum absolute atomic E-state index is 5.68. The van der Waals surface area contributed by atoms with Crippen molar-refractivity contribution in [3.63, 3.8) is 0 Å². The number of rotatable bonds is 5. The van der Waals surface area contributed by atoms with Crippen LogP contribution in [-0.4, -0.2) is 49.6 Å².